The molecule has 0 bridgehead atoms. The van der Waals surface area contributed by atoms with Crippen LogP contribution in [0.1, 0.15) is 34.8 Å². The first-order valence-corrected chi connectivity index (χ1v) is 12.7. The van der Waals surface area contributed by atoms with E-state index in [4.69, 9.17) is 21.1 Å². The number of carbonyl (C=O) groups excluding carboxylic acids is 2. The van der Waals surface area contributed by atoms with Crippen molar-refractivity contribution in [2.75, 3.05) is 45.9 Å². The molecule has 2 aromatic rings. The van der Waals surface area contributed by atoms with E-state index >= 15 is 0 Å². The molecule has 5 rings (SSSR count). The molecule has 186 valence electrons. The molecule has 35 heavy (non-hydrogen) atoms. The van der Waals surface area contributed by atoms with Crippen LogP contribution in [-0.4, -0.2) is 78.8 Å². The number of aromatic nitrogens is 1. The first-order valence-electron chi connectivity index (χ1n) is 12.3. The van der Waals surface area contributed by atoms with Crippen LogP contribution in [0, 0.1) is 11.8 Å². The van der Waals surface area contributed by atoms with Gasteiger partial charge in [-0.1, -0.05) is 41.9 Å². The third-order valence-corrected chi connectivity index (χ3v) is 7.54. The third-order valence-electron chi connectivity index (χ3n) is 7.24. The average molecular weight is 499 g/mol. The van der Waals surface area contributed by atoms with Gasteiger partial charge in [0.1, 0.15) is 6.10 Å². The quantitative estimate of drug-likeness (QED) is 0.630. The second-order valence-electron chi connectivity index (χ2n) is 9.63. The van der Waals surface area contributed by atoms with E-state index < -0.39 is 6.09 Å². The molecule has 3 saturated heterocycles. The number of benzene rings is 1. The molecule has 3 unspecified atom stereocenters. The van der Waals surface area contributed by atoms with Crippen LogP contribution in [0.5, 0.6) is 0 Å². The molecule has 3 aliphatic rings. The van der Waals surface area contributed by atoms with Gasteiger partial charge < -0.3 is 24.6 Å². The molecule has 1 aromatic carbocycles. The monoisotopic (exact) mass is 498 g/mol. The van der Waals surface area contributed by atoms with E-state index in [0.717, 1.165) is 51.1 Å². The van der Waals surface area contributed by atoms with Crippen LogP contribution < -0.4 is 5.32 Å². The minimum Gasteiger partial charge on any atom is -0.444 e. The highest BCUT2D eigenvalue weighted by molar-refractivity contribution is 6.33. The van der Waals surface area contributed by atoms with E-state index in [1.807, 2.05) is 35.2 Å². The largest absolute Gasteiger partial charge is 0.444 e. The fourth-order valence-electron chi connectivity index (χ4n) is 5.41. The minimum absolute atomic E-state index is 0.0159. The minimum atomic E-state index is -0.392. The predicted molar refractivity (Wildman–Crippen MR) is 131 cm³/mol. The molecular weight excluding hydrogens is 468 g/mol. The number of nitrogens with one attached hydrogen (secondary N) is 1. The first kappa shape index (κ1) is 24.0. The van der Waals surface area contributed by atoms with E-state index in [2.05, 4.69) is 15.2 Å². The number of alkyl carbamates (subject to hydrolysis) is 1. The smallest absolute Gasteiger partial charge is 0.407 e. The van der Waals surface area contributed by atoms with Crippen molar-refractivity contribution in [3.8, 4) is 0 Å². The molecule has 9 heteroatoms. The van der Waals surface area contributed by atoms with Gasteiger partial charge in [-0.25, -0.2) is 4.79 Å². The molecule has 0 aliphatic carbocycles. The van der Waals surface area contributed by atoms with E-state index in [0.29, 0.717) is 35.6 Å². The van der Waals surface area contributed by atoms with Crippen molar-refractivity contribution in [1.82, 2.24) is 20.1 Å². The summed E-state index contributed by atoms with van der Waals surface area (Å²) < 4.78 is 10.8. The number of hydrogen-bond acceptors (Lipinski definition) is 6. The molecule has 3 aliphatic heterocycles. The fraction of sp³-hybridized carbons (Fsp3) is 0.500. The van der Waals surface area contributed by atoms with Crippen LogP contribution in [-0.2, 0) is 9.47 Å². The maximum Gasteiger partial charge on any atom is 0.407 e. The highest BCUT2D eigenvalue weighted by Gasteiger charge is 2.42. The summed E-state index contributed by atoms with van der Waals surface area (Å²) in [6.45, 7) is 5.35. The third kappa shape index (κ3) is 5.77. The van der Waals surface area contributed by atoms with Crippen LogP contribution in [0.4, 0.5) is 4.79 Å². The van der Waals surface area contributed by atoms with Crippen LogP contribution in [0.15, 0.2) is 48.8 Å². The maximum absolute atomic E-state index is 12.9. The number of amides is 2. The summed E-state index contributed by atoms with van der Waals surface area (Å²) in [7, 11) is 0. The lowest BCUT2D eigenvalue weighted by Gasteiger charge is -2.25. The van der Waals surface area contributed by atoms with E-state index in [-0.39, 0.29) is 18.1 Å². The summed E-state index contributed by atoms with van der Waals surface area (Å²) in [5, 5.41) is 3.46. The Morgan fingerprint density at radius 3 is 2.60 bits per heavy atom. The second-order valence-corrected chi connectivity index (χ2v) is 10.0. The van der Waals surface area contributed by atoms with Gasteiger partial charge in [0, 0.05) is 51.5 Å². The van der Waals surface area contributed by atoms with Crippen molar-refractivity contribution in [3.05, 3.63) is 64.9 Å². The van der Waals surface area contributed by atoms with Gasteiger partial charge in [0.25, 0.3) is 5.91 Å². The normalized spacial score (nSPS) is 24.8. The Morgan fingerprint density at radius 1 is 1.14 bits per heavy atom. The summed E-state index contributed by atoms with van der Waals surface area (Å²) >= 11 is 6.18. The lowest BCUT2D eigenvalue weighted by molar-refractivity contribution is 0.0773. The van der Waals surface area contributed by atoms with Gasteiger partial charge in [0.2, 0.25) is 0 Å². The van der Waals surface area contributed by atoms with E-state index in [1.165, 1.54) is 6.20 Å². The Kier molecular flexibility index (Phi) is 7.51. The number of rotatable bonds is 7. The number of likely N-dealkylation sites (tertiary alicyclic amines) is 2. The summed E-state index contributed by atoms with van der Waals surface area (Å²) in [5.41, 5.74) is 1.59. The van der Waals surface area contributed by atoms with E-state index in [9.17, 15) is 9.59 Å². The Morgan fingerprint density at radius 2 is 1.91 bits per heavy atom. The molecular formula is C26H31ClN4O4. The average Bonchev–Trinajstić information content (AvgIpc) is 3.59. The molecule has 2 amide bonds. The zero-order valence-electron chi connectivity index (χ0n) is 19.6. The SMILES string of the molecule is O=C(NC(CCN1CC2CN(C(=O)c3ccncc3Cl)C[C@@H]2C1)c1ccccc1)OC1CCOC1. The molecule has 8 nitrogen and oxygen atoms in total. The number of fused-ring (bicyclic) bond motifs is 1. The van der Waals surface area contributed by atoms with Crippen molar-refractivity contribution >= 4 is 23.6 Å². The van der Waals surface area contributed by atoms with Crippen molar-refractivity contribution in [1.29, 1.82) is 0 Å². The predicted octanol–water partition coefficient (Wildman–Crippen LogP) is 3.39. The van der Waals surface area contributed by atoms with Gasteiger partial charge in [-0.05, 0) is 29.9 Å². The van der Waals surface area contributed by atoms with Gasteiger partial charge in [0.15, 0.2) is 0 Å². The van der Waals surface area contributed by atoms with Gasteiger partial charge in [-0.2, -0.15) is 0 Å². The van der Waals surface area contributed by atoms with Gasteiger partial charge in [-0.3, -0.25) is 9.78 Å². The Labute approximate surface area is 210 Å². The zero-order chi connectivity index (χ0) is 24.2. The molecule has 4 heterocycles. The molecule has 1 N–H and O–H groups in total. The zero-order valence-corrected chi connectivity index (χ0v) is 20.4. The number of pyridine rings is 1. The summed E-state index contributed by atoms with van der Waals surface area (Å²) in [4.78, 5) is 33.8. The summed E-state index contributed by atoms with van der Waals surface area (Å²) in [6, 6.07) is 11.6. The van der Waals surface area contributed by atoms with Crippen molar-refractivity contribution in [2.45, 2.75) is 25.0 Å². The number of hydrogen-bond donors (Lipinski definition) is 1. The topological polar surface area (TPSA) is 84.0 Å². The lowest BCUT2D eigenvalue weighted by Crippen LogP contribution is -2.36. The van der Waals surface area contributed by atoms with Crippen molar-refractivity contribution < 1.29 is 19.1 Å². The van der Waals surface area contributed by atoms with Crippen LogP contribution in [0.3, 0.4) is 0 Å². The summed E-state index contributed by atoms with van der Waals surface area (Å²) in [5.74, 6) is 0.892. The highest BCUT2D eigenvalue weighted by atomic mass is 35.5. The lowest BCUT2D eigenvalue weighted by atomic mass is 10.0. The Hall–Kier alpha value is -2.68. The number of ether oxygens (including phenoxy) is 2. The number of halogens is 1. The van der Waals surface area contributed by atoms with E-state index in [1.54, 1.807) is 12.3 Å². The summed E-state index contributed by atoms with van der Waals surface area (Å²) in [6.07, 6.45) is 4.09. The van der Waals surface area contributed by atoms with Crippen LogP contribution in [0.25, 0.3) is 0 Å². The first-order chi connectivity index (χ1) is 17.1. The van der Waals surface area contributed by atoms with Gasteiger partial charge in [0.05, 0.1) is 29.8 Å². The highest BCUT2D eigenvalue weighted by Crippen LogP contribution is 2.33. The molecule has 0 saturated carbocycles. The second kappa shape index (κ2) is 10.9. The van der Waals surface area contributed by atoms with Crippen LogP contribution in [0.2, 0.25) is 5.02 Å². The maximum atomic E-state index is 12.9. The molecule has 1 aromatic heterocycles. The number of nitrogens with zero attached hydrogens (tertiary/aromatic N) is 3. The Bertz CT molecular complexity index is 1020. The van der Waals surface area contributed by atoms with Crippen molar-refractivity contribution in [2.24, 2.45) is 11.8 Å². The van der Waals surface area contributed by atoms with Crippen molar-refractivity contribution in [3.63, 3.8) is 0 Å². The molecule has 0 radical (unpaired) electrons. The van der Waals surface area contributed by atoms with Gasteiger partial charge in [-0.15, -0.1) is 0 Å². The van der Waals surface area contributed by atoms with Gasteiger partial charge >= 0.3 is 6.09 Å². The Balaban J connectivity index is 1.14. The molecule has 4 atom stereocenters. The molecule has 0 spiro atoms. The molecule has 3 fully saturated rings. The van der Waals surface area contributed by atoms with Crippen LogP contribution >= 0.6 is 11.6 Å². The number of carbonyl (C=O) groups is 2. The standard InChI is InChI=1S/C26H31ClN4O4/c27-23-12-28-9-6-22(23)25(32)31-15-19-13-30(14-20(19)16-31)10-7-24(18-4-2-1-3-5-18)29-26(33)35-21-8-11-34-17-21/h1-6,9,12,19-21,24H,7-8,10-11,13-17H2,(H,29,33)/t19-,20?,21?,24?/m0/s1. The fourth-order valence-corrected chi connectivity index (χ4v) is 5.61.